The minimum Gasteiger partial charge on any atom is -0.394 e. The molecule has 4 atom stereocenters. The molecular weight excluding hydrogens is 318 g/mol. The molecule has 0 spiro atoms. The number of ether oxygens (including phenoxy) is 1. The summed E-state index contributed by atoms with van der Waals surface area (Å²) in [6.45, 7) is 2.30. The van der Waals surface area contributed by atoms with Gasteiger partial charge in [-0.05, 0) is 6.42 Å². The maximum Gasteiger partial charge on any atom is 0.241 e. The summed E-state index contributed by atoms with van der Waals surface area (Å²) < 4.78 is 7.01. The van der Waals surface area contributed by atoms with Crippen molar-refractivity contribution in [1.29, 1.82) is 0 Å². The summed E-state index contributed by atoms with van der Waals surface area (Å²) in [6.07, 6.45) is -1.90. The first kappa shape index (κ1) is 16.8. The lowest BCUT2D eigenvalue weighted by atomic mass is 10.1. The number of hydrogen-bond donors (Lipinski definition) is 6. The average molecular weight is 339 g/mol. The Morgan fingerprint density at radius 3 is 2.75 bits per heavy atom. The molecule has 0 aliphatic carbocycles. The molecule has 0 radical (unpaired) electrons. The molecule has 0 bridgehead atoms. The Morgan fingerprint density at radius 2 is 2.12 bits per heavy atom. The number of nitrogens with two attached hydrogens (primary N) is 1. The van der Waals surface area contributed by atoms with E-state index in [1.165, 1.54) is 10.9 Å². The summed E-state index contributed by atoms with van der Waals surface area (Å²) in [7, 11) is 0. The highest BCUT2D eigenvalue weighted by Crippen LogP contribution is 2.32. The number of hydrogen-bond acceptors (Lipinski definition) is 10. The fraction of sp³-hybridized carbons (Fsp3) is 0.615. The van der Waals surface area contributed by atoms with Crippen LogP contribution in [0.3, 0.4) is 0 Å². The van der Waals surface area contributed by atoms with Crippen molar-refractivity contribution >= 4 is 22.9 Å². The Kier molecular flexibility index (Phi) is 4.78. The van der Waals surface area contributed by atoms with Gasteiger partial charge in [0.15, 0.2) is 23.2 Å². The van der Waals surface area contributed by atoms with Crippen molar-refractivity contribution in [3.63, 3.8) is 0 Å². The third kappa shape index (κ3) is 2.76. The third-order valence-corrected chi connectivity index (χ3v) is 3.88. The van der Waals surface area contributed by atoms with Crippen molar-refractivity contribution in [2.75, 3.05) is 23.9 Å². The second-order valence-corrected chi connectivity index (χ2v) is 5.52. The van der Waals surface area contributed by atoms with Crippen molar-refractivity contribution in [2.45, 2.75) is 37.9 Å². The fourth-order valence-electron chi connectivity index (χ4n) is 2.64. The van der Waals surface area contributed by atoms with E-state index in [0.29, 0.717) is 23.5 Å². The van der Waals surface area contributed by atoms with E-state index in [9.17, 15) is 15.3 Å². The van der Waals surface area contributed by atoms with Crippen LogP contribution in [-0.2, 0) is 4.74 Å². The largest absolute Gasteiger partial charge is 0.394 e. The normalized spacial score (nSPS) is 26.9. The predicted octanol–water partition coefficient (Wildman–Crippen LogP) is -1.45. The topological polar surface area (TPSA) is 164 Å². The Balaban J connectivity index is 2.03. The highest BCUT2D eigenvalue weighted by Gasteiger charge is 2.44. The molecular formula is C13H21N7O4. The Morgan fingerprint density at radius 1 is 1.33 bits per heavy atom. The van der Waals surface area contributed by atoms with Gasteiger partial charge in [-0.15, -0.1) is 0 Å². The third-order valence-electron chi connectivity index (χ3n) is 3.88. The smallest absolute Gasteiger partial charge is 0.241 e. The van der Waals surface area contributed by atoms with Crippen molar-refractivity contribution in [2.24, 2.45) is 5.84 Å². The zero-order valence-electron chi connectivity index (χ0n) is 13.1. The molecule has 3 heterocycles. The molecule has 2 aromatic heterocycles. The molecule has 132 valence electrons. The highest BCUT2D eigenvalue weighted by atomic mass is 16.6. The molecule has 1 aliphatic heterocycles. The van der Waals surface area contributed by atoms with Crippen molar-refractivity contribution in [3.8, 4) is 0 Å². The van der Waals surface area contributed by atoms with Crippen LogP contribution in [0.2, 0.25) is 0 Å². The number of imidazole rings is 1. The van der Waals surface area contributed by atoms with Gasteiger partial charge in [0.05, 0.1) is 12.9 Å². The molecule has 0 amide bonds. The number of hydrazine groups is 1. The second kappa shape index (κ2) is 6.83. The number of nitrogens with one attached hydrogen (secondary N) is 2. The Bertz CT molecular complexity index is 709. The van der Waals surface area contributed by atoms with Crippen LogP contribution in [0.15, 0.2) is 6.33 Å². The van der Waals surface area contributed by atoms with Crippen LogP contribution in [0.1, 0.15) is 19.6 Å². The molecule has 3 rings (SSSR count). The van der Waals surface area contributed by atoms with Crippen molar-refractivity contribution in [1.82, 2.24) is 19.5 Å². The van der Waals surface area contributed by atoms with Crippen LogP contribution in [0, 0.1) is 0 Å². The summed E-state index contributed by atoms with van der Waals surface area (Å²) in [6, 6.07) is 0. The van der Waals surface area contributed by atoms with Crippen molar-refractivity contribution in [3.05, 3.63) is 6.33 Å². The molecule has 0 saturated carbocycles. The highest BCUT2D eigenvalue weighted by molar-refractivity contribution is 5.84. The van der Waals surface area contributed by atoms with Gasteiger partial charge in [0.1, 0.15) is 18.3 Å². The molecule has 2 aromatic rings. The zero-order valence-corrected chi connectivity index (χ0v) is 13.1. The van der Waals surface area contributed by atoms with Crippen molar-refractivity contribution < 1.29 is 20.1 Å². The molecule has 0 unspecified atom stereocenters. The van der Waals surface area contributed by atoms with Crippen LogP contribution in [0.4, 0.5) is 11.8 Å². The molecule has 1 fully saturated rings. The van der Waals surface area contributed by atoms with Gasteiger partial charge < -0.3 is 25.4 Å². The van der Waals surface area contributed by atoms with E-state index >= 15 is 0 Å². The van der Waals surface area contributed by atoms with Gasteiger partial charge in [-0.3, -0.25) is 9.99 Å². The van der Waals surface area contributed by atoms with Gasteiger partial charge in [-0.2, -0.15) is 9.97 Å². The van der Waals surface area contributed by atoms with E-state index in [0.717, 1.165) is 6.42 Å². The average Bonchev–Trinajstić information content (AvgIpc) is 3.14. The lowest BCUT2D eigenvalue weighted by Gasteiger charge is -2.17. The van der Waals surface area contributed by atoms with E-state index < -0.39 is 31.1 Å². The van der Waals surface area contributed by atoms with Gasteiger partial charge in [0.2, 0.25) is 5.95 Å². The monoisotopic (exact) mass is 339 g/mol. The lowest BCUT2D eigenvalue weighted by molar-refractivity contribution is -0.0511. The summed E-state index contributed by atoms with van der Waals surface area (Å²) in [5.74, 6) is 6.09. The molecule has 1 saturated heterocycles. The number of aromatic nitrogens is 4. The fourth-order valence-corrected chi connectivity index (χ4v) is 2.64. The number of rotatable bonds is 6. The number of nitrogens with zero attached hydrogens (tertiary/aromatic N) is 4. The first-order valence-electron chi connectivity index (χ1n) is 7.68. The summed E-state index contributed by atoms with van der Waals surface area (Å²) in [5, 5.41) is 32.5. The summed E-state index contributed by atoms with van der Waals surface area (Å²) in [5.41, 5.74) is 3.25. The zero-order chi connectivity index (χ0) is 17.3. The van der Waals surface area contributed by atoms with E-state index in [1.54, 1.807) is 0 Å². The first-order valence-corrected chi connectivity index (χ1v) is 7.68. The maximum atomic E-state index is 10.2. The quantitative estimate of drug-likeness (QED) is 0.271. The lowest BCUT2D eigenvalue weighted by Crippen LogP contribution is -2.33. The second-order valence-electron chi connectivity index (χ2n) is 5.52. The van der Waals surface area contributed by atoms with Crippen LogP contribution in [-0.4, -0.2) is 66.3 Å². The van der Waals surface area contributed by atoms with Crippen LogP contribution in [0.25, 0.3) is 11.2 Å². The van der Waals surface area contributed by atoms with E-state index in [-0.39, 0.29) is 5.95 Å². The van der Waals surface area contributed by atoms with Gasteiger partial charge >= 0.3 is 0 Å². The van der Waals surface area contributed by atoms with Gasteiger partial charge in [0.25, 0.3) is 0 Å². The molecule has 0 aromatic carbocycles. The first-order chi connectivity index (χ1) is 11.6. The van der Waals surface area contributed by atoms with Crippen LogP contribution < -0.4 is 16.6 Å². The van der Waals surface area contributed by atoms with Gasteiger partial charge in [0, 0.05) is 6.54 Å². The number of anilines is 2. The molecule has 1 aliphatic rings. The maximum absolute atomic E-state index is 10.2. The summed E-state index contributed by atoms with van der Waals surface area (Å²) in [4.78, 5) is 12.8. The number of aliphatic hydroxyl groups excluding tert-OH is 3. The molecule has 7 N–H and O–H groups in total. The van der Waals surface area contributed by atoms with Gasteiger partial charge in [-0.25, -0.2) is 10.8 Å². The SMILES string of the molecule is CCCNc1nc(NN)nc2c1ncn2[C@@H]1O[C@H](CO)[C@@H](O)[C@H]1O. The van der Waals surface area contributed by atoms with E-state index in [1.807, 2.05) is 6.92 Å². The van der Waals surface area contributed by atoms with Crippen LogP contribution >= 0.6 is 0 Å². The molecule has 11 heteroatoms. The standard InChI is InChI=1S/C13H21N7O4/c1-2-3-15-10-7-11(18-13(17-10)19-14)20(5-16-7)12-9(23)8(22)6(4-21)24-12/h5-6,8-9,12,21-23H,2-4,14H2,1H3,(H2,15,17,18,19)/t6-,8-,9-,12-/m1/s1. The Labute approximate surface area is 137 Å². The molecule has 11 nitrogen and oxygen atoms in total. The molecule has 24 heavy (non-hydrogen) atoms. The van der Waals surface area contributed by atoms with E-state index in [2.05, 4.69) is 25.7 Å². The minimum absolute atomic E-state index is 0.176. The minimum atomic E-state index is -1.23. The van der Waals surface area contributed by atoms with Gasteiger partial charge in [-0.1, -0.05) is 6.92 Å². The number of fused-ring (bicyclic) bond motifs is 1. The Hall–Kier alpha value is -2.05. The van der Waals surface area contributed by atoms with E-state index in [4.69, 9.17) is 10.6 Å². The number of nitrogen functional groups attached to an aromatic ring is 1. The van der Waals surface area contributed by atoms with Crippen LogP contribution in [0.5, 0.6) is 0 Å². The summed E-state index contributed by atoms with van der Waals surface area (Å²) >= 11 is 0. The predicted molar refractivity (Wildman–Crippen MR) is 84.9 cm³/mol. The number of aliphatic hydroxyl groups is 3.